The molecule has 48 heavy (non-hydrogen) atoms. The zero-order valence-electron chi connectivity index (χ0n) is 31.7. The number of carbonyl (C=O) groups is 1. The minimum absolute atomic E-state index is 0.184. The Morgan fingerprint density at radius 2 is 0.896 bits per heavy atom. The number of unbranched alkanes of at least 4 members (excludes halogenated alkanes) is 19. The van der Waals surface area contributed by atoms with E-state index in [1.54, 1.807) is 0 Å². The number of hydrogen-bond acceptors (Lipinski definition) is 4. The van der Waals surface area contributed by atoms with Crippen LogP contribution in [0.2, 0.25) is 0 Å². The van der Waals surface area contributed by atoms with Gasteiger partial charge in [0.25, 0.3) is 0 Å². The average Bonchev–Trinajstić information content (AvgIpc) is 3.09. The van der Waals surface area contributed by atoms with Crippen LogP contribution in [0.25, 0.3) is 0 Å². The van der Waals surface area contributed by atoms with Crippen LogP contribution in [-0.4, -0.2) is 37.0 Å². The Morgan fingerprint density at radius 3 is 1.38 bits per heavy atom. The largest absolute Gasteiger partial charge is 0.457 e. The number of rotatable bonds is 37. The highest BCUT2D eigenvalue weighted by molar-refractivity contribution is 5.69. The molecule has 0 spiro atoms. The van der Waals surface area contributed by atoms with E-state index in [9.17, 15) is 9.90 Å². The normalized spacial score (nSPS) is 13.0. The van der Waals surface area contributed by atoms with Crippen molar-refractivity contribution >= 4 is 5.97 Å². The molecule has 1 unspecified atom stereocenters. The molecule has 0 radical (unpaired) electrons. The number of carbonyl (C=O) groups excluding carboxylic acids is 1. The van der Waals surface area contributed by atoms with E-state index in [-0.39, 0.29) is 19.2 Å². The molecule has 278 valence electrons. The lowest BCUT2D eigenvalue weighted by molar-refractivity contribution is -0.154. The van der Waals surface area contributed by atoms with E-state index in [1.807, 2.05) is 0 Å². The standard InChI is InChI=1S/C44H78O4/c1-3-5-7-9-11-13-15-17-19-20-21-22-23-24-25-26-28-30-32-34-36-38-40-47-42-43(41-45)48-44(46)39-37-35-33-31-29-27-18-16-14-12-10-8-6-4-2/h10,12,15-18,20-21,23-24,43,45H,3-9,11,13-14,19,22,25-42H2,1-2H3/b12-10-,17-15-,18-16-,21-20-,24-23-. The molecule has 0 saturated carbocycles. The summed E-state index contributed by atoms with van der Waals surface area (Å²) in [5.41, 5.74) is 0. The third-order valence-electron chi connectivity index (χ3n) is 8.57. The van der Waals surface area contributed by atoms with Crippen LogP contribution in [0.5, 0.6) is 0 Å². The average molecular weight is 671 g/mol. The maximum atomic E-state index is 12.2. The summed E-state index contributed by atoms with van der Waals surface area (Å²) in [6, 6.07) is 0. The first-order chi connectivity index (χ1) is 23.7. The van der Waals surface area contributed by atoms with E-state index < -0.39 is 6.10 Å². The van der Waals surface area contributed by atoms with E-state index in [2.05, 4.69) is 74.6 Å². The topological polar surface area (TPSA) is 55.8 Å². The minimum atomic E-state index is -0.548. The summed E-state index contributed by atoms with van der Waals surface area (Å²) in [6.45, 7) is 5.25. The molecule has 0 aromatic carbocycles. The maximum Gasteiger partial charge on any atom is 0.306 e. The summed E-state index contributed by atoms with van der Waals surface area (Å²) in [7, 11) is 0. The smallest absolute Gasteiger partial charge is 0.306 e. The van der Waals surface area contributed by atoms with Gasteiger partial charge in [-0.1, -0.05) is 164 Å². The number of ether oxygens (including phenoxy) is 2. The predicted octanol–water partition coefficient (Wildman–Crippen LogP) is 13.3. The van der Waals surface area contributed by atoms with Crippen molar-refractivity contribution in [1.82, 2.24) is 0 Å². The van der Waals surface area contributed by atoms with Gasteiger partial charge in [0, 0.05) is 13.0 Å². The highest BCUT2D eigenvalue weighted by Gasteiger charge is 2.13. The van der Waals surface area contributed by atoms with Gasteiger partial charge in [-0.3, -0.25) is 4.79 Å². The summed E-state index contributed by atoms with van der Waals surface area (Å²) < 4.78 is 11.1. The molecule has 0 bridgehead atoms. The summed E-state index contributed by atoms with van der Waals surface area (Å²) >= 11 is 0. The molecule has 0 aliphatic rings. The van der Waals surface area contributed by atoms with Crippen molar-refractivity contribution in [3.63, 3.8) is 0 Å². The van der Waals surface area contributed by atoms with Gasteiger partial charge >= 0.3 is 5.97 Å². The van der Waals surface area contributed by atoms with Gasteiger partial charge in [-0.25, -0.2) is 0 Å². The Morgan fingerprint density at radius 1 is 0.500 bits per heavy atom. The Hall–Kier alpha value is -1.91. The van der Waals surface area contributed by atoms with E-state index in [4.69, 9.17) is 9.47 Å². The maximum absolute atomic E-state index is 12.2. The lowest BCUT2D eigenvalue weighted by Crippen LogP contribution is -2.27. The second kappa shape index (κ2) is 41.3. The van der Waals surface area contributed by atoms with Crippen molar-refractivity contribution in [2.75, 3.05) is 19.8 Å². The summed E-state index contributed by atoms with van der Waals surface area (Å²) in [4.78, 5) is 12.2. The second-order valence-corrected chi connectivity index (χ2v) is 13.3. The Labute approximate surface area is 298 Å². The van der Waals surface area contributed by atoms with E-state index in [0.29, 0.717) is 13.0 Å². The highest BCUT2D eigenvalue weighted by Crippen LogP contribution is 2.11. The molecule has 0 saturated heterocycles. The van der Waals surface area contributed by atoms with Crippen LogP contribution in [-0.2, 0) is 14.3 Å². The lowest BCUT2D eigenvalue weighted by Gasteiger charge is -2.15. The zero-order valence-corrected chi connectivity index (χ0v) is 31.7. The van der Waals surface area contributed by atoms with Crippen molar-refractivity contribution in [3.8, 4) is 0 Å². The first-order valence-corrected chi connectivity index (χ1v) is 20.4. The van der Waals surface area contributed by atoms with Gasteiger partial charge in [0.2, 0.25) is 0 Å². The van der Waals surface area contributed by atoms with Crippen molar-refractivity contribution in [3.05, 3.63) is 60.8 Å². The van der Waals surface area contributed by atoms with Crippen molar-refractivity contribution in [2.45, 2.75) is 193 Å². The van der Waals surface area contributed by atoms with E-state index in [0.717, 1.165) is 57.8 Å². The molecule has 0 rings (SSSR count). The summed E-state index contributed by atoms with van der Waals surface area (Å²) in [5, 5.41) is 9.58. The molecule has 0 aliphatic heterocycles. The third-order valence-corrected chi connectivity index (χ3v) is 8.57. The molecular formula is C44H78O4. The Kier molecular flexibility index (Phi) is 39.6. The van der Waals surface area contributed by atoms with Crippen LogP contribution in [0, 0.1) is 0 Å². The molecule has 0 aromatic rings. The van der Waals surface area contributed by atoms with Crippen LogP contribution in [0.4, 0.5) is 0 Å². The fraction of sp³-hybridized carbons (Fsp3) is 0.750. The second-order valence-electron chi connectivity index (χ2n) is 13.3. The number of aliphatic hydroxyl groups is 1. The van der Waals surface area contributed by atoms with Crippen LogP contribution in [0.1, 0.15) is 187 Å². The first kappa shape index (κ1) is 46.1. The zero-order chi connectivity index (χ0) is 34.9. The van der Waals surface area contributed by atoms with Crippen LogP contribution >= 0.6 is 0 Å². The molecular weight excluding hydrogens is 592 g/mol. The van der Waals surface area contributed by atoms with Crippen LogP contribution < -0.4 is 0 Å². The van der Waals surface area contributed by atoms with Crippen LogP contribution in [0.3, 0.4) is 0 Å². The molecule has 1 N–H and O–H groups in total. The molecule has 0 aromatic heterocycles. The monoisotopic (exact) mass is 671 g/mol. The fourth-order valence-electron chi connectivity index (χ4n) is 5.47. The fourth-order valence-corrected chi connectivity index (χ4v) is 5.47. The molecule has 4 heteroatoms. The molecule has 4 nitrogen and oxygen atoms in total. The third kappa shape index (κ3) is 38.5. The number of esters is 1. The summed E-state index contributed by atoms with van der Waals surface area (Å²) in [5.74, 6) is -0.220. The molecule has 1 atom stereocenters. The SMILES string of the molecule is CCCC/C=C\C/C=C\CCCCCCCC(=O)OC(CO)COCCCCCCCCC/C=C\C/C=C\C/C=C\CCCCCCC. The first-order valence-electron chi connectivity index (χ1n) is 20.4. The highest BCUT2D eigenvalue weighted by atomic mass is 16.6. The molecule has 0 fully saturated rings. The van der Waals surface area contributed by atoms with Crippen molar-refractivity contribution in [1.29, 1.82) is 0 Å². The quantitative estimate of drug-likeness (QED) is 0.0406. The number of aliphatic hydroxyl groups excluding tert-OH is 1. The number of allylic oxidation sites excluding steroid dienone is 10. The van der Waals surface area contributed by atoms with Gasteiger partial charge < -0.3 is 14.6 Å². The van der Waals surface area contributed by atoms with Gasteiger partial charge in [-0.15, -0.1) is 0 Å². The summed E-state index contributed by atoms with van der Waals surface area (Å²) in [6.07, 6.45) is 54.1. The van der Waals surface area contributed by atoms with Gasteiger partial charge in [0.05, 0.1) is 13.2 Å². The predicted molar refractivity (Wildman–Crippen MR) is 209 cm³/mol. The van der Waals surface area contributed by atoms with Gasteiger partial charge in [0.15, 0.2) is 0 Å². The lowest BCUT2D eigenvalue weighted by atomic mass is 10.1. The van der Waals surface area contributed by atoms with E-state index in [1.165, 1.54) is 109 Å². The minimum Gasteiger partial charge on any atom is -0.457 e. The molecule has 0 aliphatic carbocycles. The van der Waals surface area contributed by atoms with Gasteiger partial charge in [-0.2, -0.15) is 0 Å². The molecule has 0 amide bonds. The number of hydrogen-bond donors (Lipinski definition) is 1. The Balaban J connectivity index is 3.49. The van der Waals surface area contributed by atoms with Gasteiger partial charge in [-0.05, 0) is 77.0 Å². The van der Waals surface area contributed by atoms with Crippen molar-refractivity contribution in [2.24, 2.45) is 0 Å². The van der Waals surface area contributed by atoms with Crippen molar-refractivity contribution < 1.29 is 19.4 Å². The van der Waals surface area contributed by atoms with E-state index >= 15 is 0 Å². The van der Waals surface area contributed by atoms with Gasteiger partial charge in [0.1, 0.15) is 6.10 Å². The Bertz CT molecular complexity index is 794. The molecule has 0 heterocycles. The van der Waals surface area contributed by atoms with Crippen LogP contribution in [0.15, 0.2) is 60.8 Å².